The quantitative estimate of drug-likeness (QED) is 0.242. The molecule has 0 aliphatic heterocycles. The van der Waals surface area contributed by atoms with Gasteiger partial charge in [0.05, 0.1) is 12.7 Å². The van der Waals surface area contributed by atoms with Crippen molar-refractivity contribution in [3.63, 3.8) is 0 Å². The number of rotatable bonds is 2. The summed E-state index contributed by atoms with van der Waals surface area (Å²) in [5.74, 6) is -0.896. The molecule has 0 bridgehead atoms. The van der Waals surface area contributed by atoms with Crippen molar-refractivity contribution in [3.8, 4) is 0 Å². The van der Waals surface area contributed by atoms with Crippen LogP contribution in [0.1, 0.15) is 0 Å². The number of aliphatic hydroxyl groups excluding tert-OH is 4. The number of aliphatic hydroxyl groups is 5. The van der Waals surface area contributed by atoms with E-state index in [4.69, 9.17) is 31.3 Å². The normalized spacial score (nSPS) is 47.8. The molecule has 0 amide bonds. The summed E-state index contributed by atoms with van der Waals surface area (Å²) in [5.41, 5.74) is 3.65. The fourth-order valence-electron chi connectivity index (χ4n) is 1.52. The molecule has 0 spiro atoms. The van der Waals surface area contributed by atoms with Crippen LogP contribution in [0.5, 0.6) is 0 Å². The maximum Gasteiger partial charge on any atom is 0.172 e. The fraction of sp³-hybridized carbons (Fsp3) is 1.00. The molecule has 6 heteroatoms. The molecule has 6 nitrogen and oxygen atoms in total. The lowest BCUT2D eigenvalue weighted by Crippen LogP contribution is -2.80. The van der Waals surface area contributed by atoms with Crippen molar-refractivity contribution < 1.29 is 25.5 Å². The van der Waals surface area contributed by atoms with Crippen LogP contribution in [-0.4, -0.2) is 56.2 Å². The van der Waals surface area contributed by atoms with Crippen LogP contribution in [0.15, 0.2) is 0 Å². The van der Waals surface area contributed by atoms with Crippen LogP contribution in [-0.2, 0) is 0 Å². The van der Waals surface area contributed by atoms with Crippen molar-refractivity contribution in [1.82, 2.24) is 0 Å². The highest BCUT2D eigenvalue weighted by Gasteiger charge is 2.62. The first-order valence-corrected chi connectivity index (χ1v) is 3.58. The van der Waals surface area contributed by atoms with E-state index in [2.05, 4.69) is 0 Å². The molecule has 1 rings (SSSR count). The van der Waals surface area contributed by atoms with Gasteiger partial charge in [0, 0.05) is 5.92 Å². The van der Waals surface area contributed by atoms with Gasteiger partial charge in [-0.05, 0) is 0 Å². The first-order valence-electron chi connectivity index (χ1n) is 3.58. The van der Waals surface area contributed by atoms with Crippen LogP contribution >= 0.6 is 0 Å². The van der Waals surface area contributed by atoms with Gasteiger partial charge >= 0.3 is 0 Å². The molecule has 12 heavy (non-hydrogen) atoms. The minimum absolute atomic E-state index is 0.494. The lowest BCUT2D eigenvalue weighted by Gasteiger charge is -2.54. The van der Waals surface area contributed by atoms with Gasteiger partial charge in [-0.2, -0.15) is 0 Å². The zero-order chi connectivity index (χ0) is 9.52. The Morgan fingerprint density at radius 1 is 1.33 bits per heavy atom. The molecular weight excluding hydrogens is 166 g/mol. The summed E-state index contributed by atoms with van der Waals surface area (Å²) < 4.78 is 0. The second kappa shape index (κ2) is 2.91. The van der Waals surface area contributed by atoms with Gasteiger partial charge in [-0.1, -0.05) is 0 Å². The van der Waals surface area contributed by atoms with Crippen LogP contribution in [0.4, 0.5) is 0 Å². The first-order chi connectivity index (χ1) is 5.46. The molecule has 4 atom stereocenters. The maximum absolute atomic E-state index is 9.10. The van der Waals surface area contributed by atoms with Crippen molar-refractivity contribution in [3.05, 3.63) is 0 Å². The summed E-state index contributed by atoms with van der Waals surface area (Å²) in [6, 6.07) is 0. The zero-order valence-corrected chi connectivity index (χ0v) is 6.33. The van der Waals surface area contributed by atoms with E-state index in [0.29, 0.717) is 0 Å². The Bertz CT molecular complexity index is 175. The first kappa shape index (κ1) is 9.85. The van der Waals surface area contributed by atoms with Gasteiger partial charge in [-0.25, -0.2) is 0 Å². The Morgan fingerprint density at radius 3 is 2.08 bits per heavy atom. The van der Waals surface area contributed by atoms with E-state index in [9.17, 15) is 0 Å². The second-order valence-electron chi connectivity index (χ2n) is 3.10. The molecule has 0 aromatic heterocycles. The molecule has 0 aromatic carbocycles. The molecule has 1 fully saturated rings. The second-order valence-corrected chi connectivity index (χ2v) is 3.10. The van der Waals surface area contributed by atoms with E-state index < -0.39 is 36.6 Å². The zero-order valence-electron chi connectivity index (χ0n) is 6.33. The smallest absolute Gasteiger partial charge is 0.172 e. The highest BCUT2D eigenvalue weighted by atomic mass is 16.5. The van der Waals surface area contributed by atoms with Gasteiger partial charge < -0.3 is 31.3 Å². The highest BCUT2D eigenvalue weighted by Crippen LogP contribution is 2.38. The third kappa shape index (κ3) is 0.972. The van der Waals surface area contributed by atoms with Crippen LogP contribution in [0.3, 0.4) is 0 Å². The molecule has 7 N–H and O–H groups in total. The van der Waals surface area contributed by atoms with Crippen LogP contribution < -0.4 is 5.73 Å². The average molecular weight is 179 g/mol. The third-order valence-electron chi connectivity index (χ3n) is 2.53. The van der Waals surface area contributed by atoms with Crippen molar-refractivity contribution in [2.75, 3.05) is 6.61 Å². The molecule has 0 aromatic rings. The molecule has 1 saturated carbocycles. The monoisotopic (exact) mass is 179 g/mol. The summed E-state index contributed by atoms with van der Waals surface area (Å²) in [6.45, 7) is -0.494. The predicted octanol–water partition coefficient (Wildman–Crippen LogP) is -3.66. The Morgan fingerprint density at radius 2 is 1.83 bits per heavy atom. The Labute approximate surface area is 68.9 Å². The van der Waals surface area contributed by atoms with Crippen molar-refractivity contribution in [2.45, 2.75) is 24.0 Å². The molecule has 72 valence electrons. The lowest BCUT2D eigenvalue weighted by molar-refractivity contribution is -0.257. The largest absolute Gasteiger partial charge is 0.396 e. The van der Waals surface area contributed by atoms with Crippen molar-refractivity contribution >= 4 is 0 Å². The summed E-state index contributed by atoms with van der Waals surface area (Å²) in [4.78, 5) is 0. The van der Waals surface area contributed by atoms with Gasteiger partial charge in [-0.15, -0.1) is 0 Å². The van der Waals surface area contributed by atoms with Gasteiger partial charge in [0.2, 0.25) is 0 Å². The minimum atomic E-state index is -1.95. The van der Waals surface area contributed by atoms with Crippen molar-refractivity contribution in [1.29, 1.82) is 0 Å². The molecular formula is C6H13NO5. The maximum atomic E-state index is 9.10. The van der Waals surface area contributed by atoms with E-state index in [-0.39, 0.29) is 0 Å². The predicted molar refractivity (Wildman–Crippen MR) is 37.7 cm³/mol. The summed E-state index contributed by atoms with van der Waals surface area (Å²) in [5, 5.41) is 44.4. The molecule has 1 aliphatic carbocycles. The summed E-state index contributed by atoms with van der Waals surface area (Å²) in [6.07, 6.45) is -4.55. The summed E-state index contributed by atoms with van der Waals surface area (Å²) in [7, 11) is 0. The molecule has 0 saturated heterocycles. The van der Waals surface area contributed by atoms with Gasteiger partial charge in [0.15, 0.2) is 6.29 Å². The average Bonchev–Trinajstić information content (AvgIpc) is 2.04. The molecule has 0 radical (unpaired) electrons. The van der Waals surface area contributed by atoms with E-state index in [1.165, 1.54) is 0 Å². The lowest BCUT2D eigenvalue weighted by atomic mass is 9.62. The van der Waals surface area contributed by atoms with E-state index >= 15 is 0 Å². The molecule has 0 heterocycles. The third-order valence-corrected chi connectivity index (χ3v) is 2.53. The topological polar surface area (TPSA) is 127 Å². The standard InChI is InChI=1S/C6H13NO5/c7-6(5(11)12)2(1-8)3(9)4(6)10/h2-5,8-12H,1,7H2/t2?,3-,4?,6?/m1/s1. The number of hydrogen-bond acceptors (Lipinski definition) is 6. The van der Waals surface area contributed by atoms with E-state index in [1.807, 2.05) is 0 Å². The Kier molecular flexibility index (Phi) is 2.39. The Hall–Kier alpha value is -0.240. The van der Waals surface area contributed by atoms with Crippen LogP contribution in [0.25, 0.3) is 0 Å². The highest BCUT2D eigenvalue weighted by molar-refractivity contribution is 5.14. The van der Waals surface area contributed by atoms with E-state index in [0.717, 1.165) is 0 Å². The molecule has 3 unspecified atom stereocenters. The number of nitrogens with two attached hydrogens (primary N) is 1. The van der Waals surface area contributed by atoms with Gasteiger partial charge in [-0.3, -0.25) is 0 Å². The molecule has 1 aliphatic rings. The minimum Gasteiger partial charge on any atom is -0.396 e. The SMILES string of the molecule is NC1(C(O)O)C(O)[C@H](O)C1CO. The Balaban J connectivity index is 2.76. The van der Waals surface area contributed by atoms with E-state index in [1.54, 1.807) is 0 Å². The fourth-order valence-corrected chi connectivity index (χ4v) is 1.52. The van der Waals surface area contributed by atoms with Gasteiger partial charge in [0.1, 0.15) is 11.6 Å². The van der Waals surface area contributed by atoms with Gasteiger partial charge in [0.25, 0.3) is 0 Å². The van der Waals surface area contributed by atoms with Crippen LogP contribution in [0, 0.1) is 5.92 Å². The number of hydrogen-bond donors (Lipinski definition) is 6. The summed E-state index contributed by atoms with van der Waals surface area (Å²) >= 11 is 0. The van der Waals surface area contributed by atoms with Crippen LogP contribution in [0.2, 0.25) is 0 Å². The van der Waals surface area contributed by atoms with Crippen molar-refractivity contribution in [2.24, 2.45) is 11.7 Å².